The standard InChI is InChI=1S/C14H21NO3/c1-15(10-13-4-3-7-18-13)9-11-8-12(17-2)5-6-14(11)16/h5-6,8,13,16H,3-4,7,9-10H2,1-2H3. The number of aromatic hydroxyl groups is 1. The summed E-state index contributed by atoms with van der Waals surface area (Å²) in [5.41, 5.74) is 0.884. The van der Waals surface area contributed by atoms with Crippen molar-refractivity contribution in [2.24, 2.45) is 0 Å². The molecular weight excluding hydrogens is 230 g/mol. The number of ether oxygens (including phenoxy) is 2. The molecule has 4 heteroatoms. The van der Waals surface area contributed by atoms with Gasteiger partial charge in [0.05, 0.1) is 13.2 Å². The lowest BCUT2D eigenvalue weighted by atomic mass is 10.1. The summed E-state index contributed by atoms with van der Waals surface area (Å²) < 4.78 is 10.8. The Kier molecular flexibility index (Phi) is 4.44. The van der Waals surface area contributed by atoms with Crippen LogP contribution in [0, 0.1) is 0 Å². The largest absolute Gasteiger partial charge is 0.508 e. The second-order valence-corrected chi connectivity index (χ2v) is 4.83. The lowest BCUT2D eigenvalue weighted by Crippen LogP contribution is -2.28. The Labute approximate surface area is 108 Å². The molecule has 1 heterocycles. The van der Waals surface area contributed by atoms with E-state index in [0.29, 0.717) is 18.4 Å². The van der Waals surface area contributed by atoms with Gasteiger partial charge in [0.1, 0.15) is 11.5 Å². The van der Waals surface area contributed by atoms with Crippen molar-refractivity contribution in [2.45, 2.75) is 25.5 Å². The number of hydrogen-bond donors (Lipinski definition) is 1. The normalized spacial score (nSPS) is 19.4. The van der Waals surface area contributed by atoms with E-state index in [1.54, 1.807) is 19.2 Å². The maximum atomic E-state index is 9.83. The van der Waals surface area contributed by atoms with Crippen molar-refractivity contribution in [3.05, 3.63) is 23.8 Å². The maximum Gasteiger partial charge on any atom is 0.120 e. The molecule has 0 aromatic heterocycles. The van der Waals surface area contributed by atoms with E-state index in [1.807, 2.05) is 13.1 Å². The highest BCUT2D eigenvalue weighted by Crippen LogP contribution is 2.24. The van der Waals surface area contributed by atoms with Crippen LogP contribution in [-0.2, 0) is 11.3 Å². The van der Waals surface area contributed by atoms with E-state index in [2.05, 4.69) is 4.90 Å². The fourth-order valence-electron chi connectivity index (χ4n) is 2.31. The first-order chi connectivity index (χ1) is 8.69. The van der Waals surface area contributed by atoms with Gasteiger partial charge in [-0.3, -0.25) is 4.90 Å². The molecule has 1 aliphatic rings. The number of nitrogens with zero attached hydrogens (tertiary/aromatic N) is 1. The summed E-state index contributed by atoms with van der Waals surface area (Å²) in [6.45, 7) is 2.47. The van der Waals surface area contributed by atoms with Gasteiger partial charge in [-0.15, -0.1) is 0 Å². The van der Waals surface area contributed by atoms with Crippen LogP contribution in [0.5, 0.6) is 11.5 Å². The summed E-state index contributed by atoms with van der Waals surface area (Å²) >= 11 is 0. The number of likely N-dealkylation sites (N-methyl/N-ethyl adjacent to an activating group) is 1. The molecule has 2 rings (SSSR count). The summed E-state index contributed by atoms with van der Waals surface area (Å²) in [5.74, 6) is 1.09. The number of rotatable bonds is 5. The summed E-state index contributed by atoms with van der Waals surface area (Å²) in [6, 6.07) is 5.31. The monoisotopic (exact) mass is 251 g/mol. The fraction of sp³-hybridized carbons (Fsp3) is 0.571. The number of phenols is 1. The zero-order chi connectivity index (χ0) is 13.0. The van der Waals surface area contributed by atoms with Crippen molar-refractivity contribution in [1.29, 1.82) is 0 Å². The van der Waals surface area contributed by atoms with Gasteiger partial charge in [0.2, 0.25) is 0 Å². The van der Waals surface area contributed by atoms with Crippen molar-refractivity contribution in [1.82, 2.24) is 4.90 Å². The average molecular weight is 251 g/mol. The maximum absolute atomic E-state index is 9.83. The summed E-state index contributed by atoms with van der Waals surface area (Å²) in [7, 11) is 3.67. The number of phenolic OH excluding ortho intramolecular Hbond substituents is 1. The molecule has 0 saturated carbocycles. The van der Waals surface area contributed by atoms with E-state index in [9.17, 15) is 5.11 Å². The van der Waals surface area contributed by atoms with Crippen molar-refractivity contribution < 1.29 is 14.6 Å². The van der Waals surface area contributed by atoms with Gasteiger partial charge < -0.3 is 14.6 Å². The Morgan fingerprint density at radius 2 is 2.33 bits per heavy atom. The van der Waals surface area contributed by atoms with E-state index in [-0.39, 0.29) is 0 Å². The van der Waals surface area contributed by atoms with E-state index in [4.69, 9.17) is 9.47 Å². The zero-order valence-electron chi connectivity index (χ0n) is 11.1. The van der Waals surface area contributed by atoms with Gasteiger partial charge in [0, 0.05) is 25.3 Å². The molecule has 0 radical (unpaired) electrons. The molecule has 18 heavy (non-hydrogen) atoms. The zero-order valence-corrected chi connectivity index (χ0v) is 11.1. The smallest absolute Gasteiger partial charge is 0.120 e. The first-order valence-corrected chi connectivity index (χ1v) is 6.35. The molecule has 1 fully saturated rings. The minimum absolute atomic E-state index is 0.315. The molecule has 1 aromatic carbocycles. The molecule has 1 aromatic rings. The van der Waals surface area contributed by atoms with Crippen LogP contribution in [0.2, 0.25) is 0 Å². The van der Waals surface area contributed by atoms with Crippen LogP contribution in [0.3, 0.4) is 0 Å². The third-order valence-electron chi connectivity index (χ3n) is 3.27. The van der Waals surface area contributed by atoms with Crippen molar-refractivity contribution in [2.75, 3.05) is 27.3 Å². The first-order valence-electron chi connectivity index (χ1n) is 6.35. The van der Waals surface area contributed by atoms with Crippen molar-refractivity contribution in [3.63, 3.8) is 0 Å². The van der Waals surface area contributed by atoms with E-state index >= 15 is 0 Å². The van der Waals surface area contributed by atoms with Gasteiger partial charge in [0.25, 0.3) is 0 Å². The lowest BCUT2D eigenvalue weighted by molar-refractivity contribution is 0.0791. The molecule has 0 bridgehead atoms. The number of methoxy groups -OCH3 is 1. The van der Waals surface area contributed by atoms with Gasteiger partial charge in [-0.2, -0.15) is 0 Å². The van der Waals surface area contributed by atoms with Crippen LogP contribution in [0.15, 0.2) is 18.2 Å². The predicted molar refractivity (Wildman–Crippen MR) is 70.0 cm³/mol. The Morgan fingerprint density at radius 1 is 1.50 bits per heavy atom. The molecule has 100 valence electrons. The first kappa shape index (κ1) is 13.2. The molecule has 0 spiro atoms. The quantitative estimate of drug-likeness (QED) is 0.869. The minimum Gasteiger partial charge on any atom is -0.508 e. The molecule has 1 unspecified atom stereocenters. The molecule has 0 amide bonds. The number of benzene rings is 1. The highest BCUT2D eigenvalue weighted by molar-refractivity contribution is 5.39. The number of hydrogen-bond acceptors (Lipinski definition) is 4. The van der Waals surface area contributed by atoms with Gasteiger partial charge in [-0.25, -0.2) is 0 Å². The summed E-state index contributed by atoms with van der Waals surface area (Å²) in [6.07, 6.45) is 2.62. The summed E-state index contributed by atoms with van der Waals surface area (Å²) in [5, 5.41) is 9.83. The van der Waals surface area contributed by atoms with Crippen LogP contribution in [0.1, 0.15) is 18.4 Å². The van der Waals surface area contributed by atoms with Crippen molar-refractivity contribution >= 4 is 0 Å². The molecule has 1 saturated heterocycles. The minimum atomic E-state index is 0.315. The molecule has 0 aliphatic carbocycles. The Morgan fingerprint density at radius 3 is 3.00 bits per heavy atom. The SMILES string of the molecule is COc1ccc(O)c(CN(C)CC2CCCO2)c1. The fourth-order valence-corrected chi connectivity index (χ4v) is 2.31. The molecule has 1 N–H and O–H groups in total. The van der Waals surface area contributed by atoms with E-state index < -0.39 is 0 Å². The van der Waals surface area contributed by atoms with E-state index in [1.165, 1.54) is 0 Å². The third kappa shape index (κ3) is 3.37. The summed E-state index contributed by atoms with van der Waals surface area (Å²) in [4.78, 5) is 2.17. The molecule has 1 atom stereocenters. The van der Waals surface area contributed by atoms with Crippen molar-refractivity contribution in [3.8, 4) is 11.5 Å². The predicted octanol–water partition coefficient (Wildman–Crippen LogP) is 2.01. The highest BCUT2D eigenvalue weighted by Gasteiger charge is 2.18. The Bertz CT molecular complexity index is 389. The van der Waals surface area contributed by atoms with Crippen LogP contribution in [0.25, 0.3) is 0 Å². The molecular formula is C14H21NO3. The van der Waals surface area contributed by atoms with Crippen LogP contribution >= 0.6 is 0 Å². The highest BCUT2D eigenvalue weighted by atomic mass is 16.5. The van der Waals surface area contributed by atoms with Gasteiger partial charge in [0.15, 0.2) is 0 Å². The van der Waals surface area contributed by atoms with Gasteiger partial charge in [-0.1, -0.05) is 0 Å². The lowest BCUT2D eigenvalue weighted by Gasteiger charge is -2.21. The van der Waals surface area contributed by atoms with Crippen LogP contribution in [-0.4, -0.2) is 43.4 Å². The van der Waals surface area contributed by atoms with Gasteiger partial charge in [-0.05, 0) is 38.1 Å². The molecule has 4 nitrogen and oxygen atoms in total. The second kappa shape index (κ2) is 6.07. The second-order valence-electron chi connectivity index (χ2n) is 4.83. The Balaban J connectivity index is 1.94. The Hall–Kier alpha value is -1.26. The van der Waals surface area contributed by atoms with Gasteiger partial charge >= 0.3 is 0 Å². The van der Waals surface area contributed by atoms with E-state index in [0.717, 1.165) is 37.3 Å². The third-order valence-corrected chi connectivity index (χ3v) is 3.27. The topological polar surface area (TPSA) is 41.9 Å². The molecule has 1 aliphatic heterocycles. The average Bonchev–Trinajstić information content (AvgIpc) is 2.84. The van der Waals surface area contributed by atoms with Crippen LogP contribution in [0.4, 0.5) is 0 Å². The van der Waals surface area contributed by atoms with Crippen LogP contribution < -0.4 is 4.74 Å².